The third kappa shape index (κ3) is 4.02. The van der Waals surface area contributed by atoms with Crippen molar-refractivity contribution in [3.8, 4) is 0 Å². The molecular weight excluding hydrogens is 206 g/mol. The fraction of sp³-hybridized carbons (Fsp3) is 0.636. The van der Waals surface area contributed by atoms with Crippen LogP contribution in [0, 0.1) is 6.92 Å². The number of hydrogen-bond donors (Lipinski definition) is 2. The van der Waals surface area contributed by atoms with E-state index in [0.29, 0.717) is 18.7 Å². The molecule has 16 heavy (non-hydrogen) atoms. The van der Waals surface area contributed by atoms with E-state index in [9.17, 15) is 4.79 Å². The maximum atomic E-state index is 11.6. The standard InChI is InChI=1S/C11H19N3O2/c1-3-4-6-16-7-5-12-11(15)10-8-13-14-9(10)2/h8H,3-7H2,1-2H3,(H,12,15)(H,13,14). The van der Waals surface area contributed by atoms with E-state index >= 15 is 0 Å². The zero-order chi connectivity index (χ0) is 11.8. The second-order valence-corrected chi connectivity index (χ2v) is 3.63. The topological polar surface area (TPSA) is 67.0 Å². The maximum absolute atomic E-state index is 11.6. The first kappa shape index (κ1) is 12.7. The summed E-state index contributed by atoms with van der Waals surface area (Å²) in [4.78, 5) is 11.6. The fourth-order valence-corrected chi connectivity index (χ4v) is 1.26. The normalized spacial score (nSPS) is 10.4. The number of H-pyrrole nitrogens is 1. The van der Waals surface area contributed by atoms with Crippen molar-refractivity contribution in [1.82, 2.24) is 15.5 Å². The van der Waals surface area contributed by atoms with Gasteiger partial charge in [-0.2, -0.15) is 5.10 Å². The summed E-state index contributed by atoms with van der Waals surface area (Å²) >= 11 is 0. The summed E-state index contributed by atoms with van der Waals surface area (Å²) in [5.41, 5.74) is 1.37. The van der Waals surface area contributed by atoms with E-state index in [1.54, 1.807) is 0 Å². The Morgan fingerprint density at radius 3 is 3.00 bits per heavy atom. The van der Waals surface area contributed by atoms with Crippen LogP contribution in [0.15, 0.2) is 6.20 Å². The van der Waals surface area contributed by atoms with Gasteiger partial charge in [0, 0.05) is 18.8 Å². The highest BCUT2D eigenvalue weighted by Gasteiger charge is 2.09. The van der Waals surface area contributed by atoms with Crippen LogP contribution in [0.25, 0.3) is 0 Å². The van der Waals surface area contributed by atoms with Crippen LogP contribution in [0.5, 0.6) is 0 Å². The molecule has 90 valence electrons. The van der Waals surface area contributed by atoms with Gasteiger partial charge in [-0.1, -0.05) is 13.3 Å². The Labute approximate surface area is 95.6 Å². The van der Waals surface area contributed by atoms with Crippen molar-refractivity contribution in [1.29, 1.82) is 0 Å². The molecule has 1 aromatic rings. The molecule has 0 unspecified atom stereocenters. The van der Waals surface area contributed by atoms with Gasteiger partial charge in [-0.15, -0.1) is 0 Å². The van der Waals surface area contributed by atoms with Gasteiger partial charge in [0.1, 0.15) is 0 Å². The molecule has 5 heteroatoms. The van der Waals surface area contributed by atoms with E-state index in [1.165, 1.54) is 6.20 Å². The number of aromatic amines is 1. The number of unbranched alkanes of at least 4 members (excludes halogenated alkanes) is 1. The number of ether oxygens (including phenoxy) is 1. The number of aromatic nitrogens is 2. The Bertz CT molecular complexity index is 323. The Morgan fingerprint density at radius 1 is 1.56 bits per heavy atom. The predicted molar refractivity (Wildman–Crippen MR) is 61.4 cm³/mol. The predicted octanol–water partition coefficient (Wildman–Crippen LogP) is 1.26. The number of rotatable bonds is 7. The lowest BCUT2D eigenvalue weighted by atomic mass is 10.2. The van der Waals surface area contributed by atoms with Gasteiger partial charge in [0.15, 0.2) is 0 Å². The van der Waals surface area contributed by atoms with Crippen molar-refractivity contribution < 1.29 is 9.53 Å². The van der Waals surface area contributed by atoms with Gasteiger partial charge in [0.05, 0.1) is 18.4 Å². The minimum Gasteiger partial charge on any atom is -0.380 e. The van der Waals surface area contributed by atoms with E-state index in [-0.39, 0.29) is 5.91 Å². The maximum Gasteiger partial charge on any atom is 0.254 e. The summed E-state index contributed by atoms with van der Waals surface area (Å²) in [6, 6.07) is 0. The van der Waals surface area contributed by atoms with Crippen LogP contribution < -0.4 is 5.32 Å². The highest BCUT2D eigenvalue weighted by atomic mass is 16.5. The molecule has 1 rings (SSSR count). The quantitative estimate of drug-likeness (QED) is 0.687. The van der Waals surface area contributed by atoms with Gasteiger partial charge >= 0.3 is 0 Å². The number of hydrogen-bond acceptors (Lipinski definition) is 3. The van der Waals surface area contributed by atoms with Crippen LogP contribution in [0.1, 0.15) is 35.8 Å². The van der Waals surface area contributed by atoms with Gasteiger partial charge in [-0.25, -0.2) is 0 Å². The summed E-state index contributed by atoms with van der Waals surface area (Å²) in [6.45, 7) is 5.79. The largest absolute Gasteiger partial charge is 0.380 e. The average molecular weight is 225 g/mol. The first-order valence-corrected chi connectivity index (χ1v) is 5.61. The third-order valence-corrected chi connectivity index (χ3v) is 2.25. The number of nitrogens with one attached hydrogen (secondary N) is 2. The highest BCUT2D eigenvalue weighted by Crippen LogP contribution is 2.01. The lowest BCUT2D eigenvalue weighted by molar-refractivity contribution is 0.0912. The molecule has 0 radical (unpaired) electrons. The van der Waals surface area contributed by atoms with Gasteiger partial charge < -0.3 is 10.1 Å². The zero-order valence-electron chi connectivity index (χ0n) is 9.88. The van der Waals surface area contributed by atoms with Crippen LogP contribution in [0.2, 0.25) is 0 Å². The summed E-state index contributed by atoms with van der Waals surface area (Å²) in [6.07, 6.45) is 3.72. The Morgan fingerprint density at radius 2 is 2.38 bits per heavy atom. The van der Waals surface area contributed by atoms with Gasteiger partial charge in [0.25, 0.3) is 5.91 Å². The number of carbonyl (C=O) groups excluding carboxylic acids is 1. The summed E-state index contributed by atoms with van der Waals surface area (Å²) in [5.74, 6) is -0.106. The van der Waals surface area contributed by atoms with Crippen LogP contribution in [0.4, 0.5) is 0 Å². The Hall–Kier alpha value is -1.36. The summed E-state index contributed by atoms with van der Waals surface area (Å²) in [7, 11) is 0. The molecule has 0 saturated carbocycles. The minimum atomic E-state index is -0.106. The first-order chi connectivity index (χ1) is 7.75. The van der Waals surface area contributed by atoms with Crippen molar-refractivity contribution >= 4 is 5.91 Å². The van der Waals surface area contributed by atoms with Crippen LogP contribution in [-0.4, -0.2) is 35.9 Å². The number of aryl methyl sites for hydroxylation is 1. The van der Waals surface area contributed by atoms with Crippen molar-refractivity contribution in [2.45, 2.75) is 26.7 Å². The molecule has 0 atom stereocenters. The summed E-state index contributed by atoms with van der Waals surface area (Å²) in [5, 5.41) is 9.30. The molecule has 0 aliphatic rings. The summed E-state index contributed by atoms with van der Waals surface area (Å²) < 4.78 is 5.33. The van der Waals surface area contributed by atoms with Crippen molar-refractivity contribution in [2.75, 3.05) is 19.8 Å². The van der Waals surface area contributed by atoms with Gasteiger partial charge in [-0.05, 0) is 13.3 Å². The van der Waals surface area contributed by atoms with Gasteiger partial charge in [0.2, 0.25) is 0 Å². The molecule has 1 amide bonds. The van der Waals surface area contributed by atoms with E-state index in [1.807, 2.05) is 6.92 Å². The van der Waals surface area contributed by atoms with Gasteiger partial charge in [-0.3, -0.25) is 9.89 Å². The second-order valence-electron chi connectivity index (χ2n) is 3.63. The lowest BCUT2D eigenvalue weighted by Gasteiger charge is -2.05. The smallest absolute Gasteiger partial charge is 0.254 e. The van der Waals surface area contributed by atoms with E-state index in [4.69, 9.17) is 4.74 Å². The van der Waals surface area contributed by atoms with E-state index in [2.05, 4.69) is 22.4 Å². The molecule has 1 heterocycles. The molecular formula is C11H19N3O2. The molecule has 0 spiro atoms. The van der Waals surface area contributed by atoms with Crippen molar-refractivity contribution in [3.05, 3.63) is 17.5 Å². The average Bonchev–Trinajstić information content (AvgIpc) is 2.69. The molecule has 0 fully saturated rings. The Balaban J connectivity index is 2.14. The molecule has 0 aliphatic carbocycles. The number of nitrogens with zero attached hydrogens (tertiary/aromatic N) is 1. The number of carbonyl (C=O) groups is 1. The molecule has 0 aromatic carbocycles. The van der Waals surface area contributed by atoms with Crippen molar-refractivity contribution in [2.24, 2.45) is 0 Å². The van der Waals surface area contributed by atoms with E-state index in [0.717, 1.165) is 25.1 Å². The second kappa shape index (κ2) is 7.00. The molecule has 1 aromatic heterocycles. The first-order valence-electron chi connectivity index (χ1n) is 5.61. The number of amides is 1. The van der Waals surface area contributed by atoms with Crippen LogP contribution in [-0.2, 0) is 4.74 Å². The molecule has 5 nitrogen and oxygen atoms in total. The molecule has 0 saturated heterocycles. The molecule has 0 bridgehead atoms. The third-order valence-electron chi connectivity index (χ3n) is 2.25. The van der Waals surface area contributed by atoms with E-state index < -0.39 is 0 Å². The van der Waals surface area contributed by atoms with Crippen LogP contribution in [0.3, 0.4) is 0 Å². The Kier molecular flexibility index (Phi) is 5.56. The SMILES string of the molecule is CCCCOCCNC(=O)c1cn[nH]c1C. The van der Waals surface area contributed by atoms with Crippen molar-refractivity contribution in [3.63, 3.8) is 0 Å². The monoisotopic (exact) mass is 225 g/mol. The lowest BCUT2D eigenvalue weighted by Crippen LogP contribution is -2.27. The minimum absolute atomic E-state index is 0.106. The zero-order valence-corrected chi connectivity index (χ0v) is 9.88. The molecule has 0 aliphatic heterocycles. The van der Waals surface area contributed by atoms with Crippen LogP contribution >= 0.6 is 0 Å². The highest BCUT2D eigenvalue weighted by molar-refractivity contribution is 5.94. The fourth-order valence-electron chi connectivity index (χ4n) is 1.26. The molecule has 2 N–H and O–H groups in total.